The number of hydrogen-bond donors (Lipinski definition) is 0. The zero-order valence-electron chi connectivity index (χ0n) is 16.0. The molecule has 27 heavy (non-hydrogen) atoms. The Balaban J connectivity index is 1.67. The third kappa shape index (κ3) is 5.11. The van der Waals surface area contributed by atoms with Crippen molar-refractivity contribution < 1.29 is 9.18 Å². The molecule has 1 unspecified atom stereocenters. The van der Waals surface area contributed by atoms with E-state index in [0.29, 0.717) is 12.1 Å². The maximum absolute atomic E-state index is 13.7. The van der Waals surface area contributed by atoms with Gasteiger partial charge in [-0.1, -0.05) is 18.2 Å². The predicted octanol–water partition coefficient (Wildman–Crippen LogP) is 2.56. The van der Waals surface area contributed by atoms with E-state index in [1.807, 2.05) is 42.2 Å². The van der Waals surface area contributed by atoms with E-state index in [1.165, 1.54) is 17.7 Å². The lowest BCUT2D eigenvalue weighted by Gasteiger charge is -2.30. The number of hydrogen-bond acceptors (Lipinski definition) is 4. The second-order valence-electron chi connectivity index (χ2n) is 7.24. The van der Waals surface area contributed by atoms with Crippen LogP contribution in [0.4, 0.5) is 4.39 Å². The lowest BCUT2D eigenvalue weighted by molar-refractivity contribution is -0.136. The fraction of sp³-hybridized carbons (Fsp3) is 0.429. The molecular formula is C21H27FN4O. The molecule has 1 aromatic carbocycles. The van der Waals surface area contributed by atoms with Gasteiger partial charge in [0.25, 0.3) is 0 Å². The van der Waals surface area contributed by atoms with Gasteiger partial charge in [0.1, 0.15) is 11.9 Å². The highest BCUT2D eigenvalue weighted by Gasteiger charge is 2.29. The van der Waals surface area contributed by atoms with Crippen LogP contribution in [0.2, 0.25) is 0 Å². The van der Waals surface area contributed by atoms with E-state index in [-0.39, 0.29) is 11.7 Å². The molecule has 2 heterocycles. The van der Waals surface area contributed by atoms with Crippen LogP contribution in [0.25, 0.3) is 0 Å². The Kier molecular flexibility index (Phi) is 6.53. The van der Waals surface area contributed by atoms with Crippen molar-refractivity contribution in [3.8, 4) is 0 Å². The van der Waals surface area contributed by atoms with Crippen molar-refractivity contribution in [1.29, 1.82) is 0 Å². The smallest absolute Gasteiger partial charge is 0.244 e. The van der Waals surface area contributed by atoms with Gasteiger partial charge in [0.15, 0.2) is 0 Å². The molecule has 1 aliphatic rings. The Morgan fingerprint density at radius 3 is 2.74 bits per heavy atom. The van der Waals surface area contributed by atoms with Gasteiger partial charge in [-0.05, 0) is 49.8 Å². The molecule has 144 valence electrons. The fourth-order valence-electron chi connectivity index (χ4n) is 3.61. The molecule has 1 aromatic heterocycles. The summed E-state index contributed by atoms with van der Waals surface area (Å²) in [6.45, 7) is 4.02. The van der Waals surface area contributed by atoms with E-state index in [1.54, 1.807) is 12.3 Å². The topological polar surface area (TPSA) is 39.7 Å². The monoisotopic (exact) mass is 370 g/mol. The van der Waals surface area contributed by atoms with E-state index in [2.05, 4.69) is 16.0 Å². The molecule has 5 nitrogen and oxygen atoms in total. The van der Waals surface area contributed by atoms with Gasteiger partial charge in [-0.25, -0.2) is 4.39 Å². The highest BCUT2D eigenvalue weighted by atomic mass is 19.1. The van der Waals surface area contributed by atoms with E-state index < -0.39 is 6.04 Å². The Labute approximate surface area is 160 Å². The number of pyridine rings is 1. The largest absolute Gasteiger partial charge is 0.340 e. The van der Waals surface area contributed by atoms with Gasteiger partial charge >= 0.3 is 0 Å². The number of likely N-dealkylation sites (N-methyl/N-ethyl adjacent to an activating group) is 1. The summed E-state index contributed by atoms with van der Waals surface area (Å²) in [5.74, 6) is -0.278. The number of carbonyl (C=O) groups is 1. The molecule has 2 aromatic rings. The van der Waals surface area contributed by atoms with Gasteiger partial charge in [-0.2, -0.15) is 0 Å². The van der Waals surface area contributed by atoms with Crippen molar-refractivity contribution in [3.63, 3.8) is 0 Å². The lowest BCUT2D eigenvalue weighted by Crippen LogP contribution is -2.42. The minimum absolute atomic E-state index is 0.0360. The van der Waals surface area contributed by atoms with Crippen LogP contribution in [0.1, 0.15) is 23.6 Å². The van der Waals surface area contributed by atoms with Crippen LogP contribution < -0.4 is 0 Å². The Hall–Kier alpha value is -2.31. The van der Waals surface area contributed by atoms with Crippen LogP contribution in [-0.2, 0) is 11.3 Å². The Bertz CT molecular complexity index is 753. The molecule has 1 fully saturated rings. The second-order valence-corrected chi connectivity index (χ2v) is 7.24. The summed E-state index contributed by atoms with van der Waals surface area (Å²) >= 11 is 0. The normalized spacial score (nSPS) is 17.0. The number of aromatic nitrogens is 1. The molecule has 1 atom stereocenters. The van der Waals surface area contributed by atoms with E-state index in [4.69, 9.17) is 0 Å². The van der Waals surface area contributed by atoms with Crippen LogP contribution in [0.15, 0.2) is 48.8 Å². The first-order valence-corrected chi connectivity index (χ1v) is 9.36. The van der Waals surface area contributed by atoms with Crippen LogP contribution in [0.5, 0.6) is 0 Å². The first-order chi connectivity index (χ1) is 13.0. The average molecular weight is 370 g/mol. The zero-order chi connectivity index (χ0) is 19.2. The molecule has 1 amide bonds. The van der Waals surface area contributed by atoms with Gasteiger partial charge < -0.3 is 4.90 Å². The SMILES string of the molecule is CN(C)C(C(=O)N1CCCN(Cc2cccnc2)CC1)c1cccc(F)c1. The first-order valence-electron chi connectivity index (χ1n) is 9.36. The van der Waals surface area contributed by atoms with Crippen molar-refractivity contribution in [3.05, 3.63) is 65.7 Å². The summed E-state index contributed by atoms with van der Waals surface area (Å²) in [5, 5.41) is 0. The maximum atomic E-state index is 13.7. The third-order valence-corrected chi connectivity index (χ3v) is 4.94. The van der Waals surface area contributed by atoms with E-state index in [9.17, 15) is 9.18 Å². The number of amides is 1. The van der Waals surface area contributed by atoms with Crippen LogP contribution >= 0.6 is 0 Å². The molecule has 0 N–H and O–H groups in total. The zero-order valence-corrected chi connectivity index (χ0v) is 16.0. The number of carbonyl (C=O) groups excluding carboxylic acids is 1. The minimum Gasteiger partial charge on any atom is -0.340 e. The highest BCUT2D eigenvalue weighted by molar-refractivity contribution is 5.83. The third-order valence-electron chi connectivity index (χ3n) is 4.94. The average Bonchev–Trinajstić information content (AvgIpc) is 2.88. The van der Waals surface area contributed by atoms with Gasteiger partial charge in [-0.15, -0.1) is 0 Å². The van der Waals surface area contributed by atoms with Gasteiger partial charge in [-0.3, -0.25) is 19.6 Å². The van der Waals surface area contributed by atoms with Crippen molar-refractivity contribution in [2.75, 3.05) is 40.3 Å². The molecule has 0 bridgehead atoms. The van der Waals surface area contributed by atoms with E-state index in [0.717, 1.165) is 32.6 Å². The van der Waals surface area contributed by atoms with Crippen molar-refractivity contribution in [1.82, 2.24) is 19.7 Å². The summed E-state index contributed by atoms with van der Waals surface area (Å²) in [6, 6.07) is 9.89. The number of benzene rings is 1. The predicted molar refractivity (Wildman–Crippen MR) is 104 cm³/mol. The Morgan fingerprint density at radius 2 is 2.04 bits per heavy atom. The number of rotatable bonds is 5. The van der Waals surface area contributed by atoms with Gasteiger partial charge in [0.2, 0.25) is 5.91 Å². The maximum Gasteiger partial charge on any atom is 0.244 e. The molecule has 1 aliphatic heterocycles. The van der Waals surface area contributed by atoms with Crippen LogP contribution in [0, 0.1) is 5.82 Å². The lowest BCUT2D eigenvalue weighted by atomic mass is 10.0. The van der Waals surface area contributed by atoms with Crippen molar-refractivity contribution >= 4 is 5.91 Å². The number of nitrogens with zero attached hydrogens (tertiary/aromatic N) is 4. The molecule has 0 saturated carbocycles. The Morgan fingerprint density at radius 1 is 1.19 bits per heavy atom. The summed E-state index contributed by atoms with van der Waals surface area (Å²) in [7, 11) is 3.72. The van der Waals surface area contributed by atoms with Crippen molar-refractivity contribution in [2.24, 2.45) is 0 Å². The first kappa shape index (κ1) is 19.5. The van der Waals surface area contributed by atoms with Crippen molar-refractivity contribution in [2.45, 2.75) is 19.0 Å². The summed E-state index contributed by atoms with van der Waals surface area (Å²) in [6.07, 6.45) is 4.59. The molecule has 1 saturated heterocycles. The molecule has 0 aliphatic carbocycles. The number of halogens is 1. The van der Waals surface area contributed by atoms with Crippen LogP contribution in [-0.4, -0.2) is 65.9 Å². The van der Waals surface area contributed by atoms with Crippen LogP contribution in [0.3, 0.4) is 0 Å². The van der Waals surface area contributed by atoms with Gasteiger partial charge in [0.05, 0.1) is 0 Å². The standard InChI is InChI=1S/C21H27FN4O/c1-24(2)20(18-7-3-8-19(22)14-18)21(27)26-11-5-10-25(12-13-26)16-17-6-4-9-23-15-17/h3-4,6-9,14-15,20H,5,10-13,16H2,1-2H3. The summed E-state index contributed by atoms with van der Waals surface area (Å²) < 4.78 is 13.7. The summed E-state index contributed by atoms with van der Waals surface area (Å²) in [4.78, 5) is 23.5. The molecule has 6 heteroatoms. The quantitative estimate of drug-likeness (QED) is 0.811. The fourth-order valence-corrected chi connectivity index (χ4v) is 3.61. The molecular weight excluding hydrogens is 343 g/mol. The molecule has 3 rings (SSSR count). The van der Waals surface area contributed by atoms with E-state index >= 15 is 0 Å². The molecule has 0 radical (unpaired) electrons. The molecule has 0 spiro atoms. The minimum atomic E-state index is -0.467. The summed E-state index contributed by atoms with van der Waals surface area (Å²) in [5.41, 5.74) is 1.88. The highest BCUT2D eigenvalue weighted by Crippen LogP contribution is 2.23. The van der Waals surface area contributed by atoms with Gasteiger partial charge in [0, 0.05) is 45.1 Å². The second kappa shape index (κ2) is 9.06.